The van der Waals surface area contributed by atoms with Crippen molar-refractivity contribution in [3.8, 4) is 11.3 Å². The number of hydrogen-bond acceptors (Lipinski definition) is 3. The molecule has 1 atom stereocenters. The van der Waals surface area contributed by atoms with Crippen LogP contribution >= 0.6 is 11.6 Å². The van der Waals surface area contributed by atoms with Crippen LogP contribution in [0.5, 0.6) is 0 Å². The molecule has 6 heteroatoms. The molecule has 0 radical (unpaired) electrons. The maximum atomic E-state index is 13.1. The number of aromatic nitrogens is 2. The van der Waals surface area contributed by atoms with Gasteiger partial charge in [-0.2, -0.15) is 0 Å². The van der Waals surface area contributed by atoms with Crippen molar-refractivity contribution in [3.63, 3.8) is 0 Å². The van der Waals surface area contributed by atoms with Gasteiger partial charge < -0.3 is 10.1 Å². The summed E-state index contributed by atoms with van der Waals surface area (Å²) in [6, 6.07) is 14.0. The molecule has 1 unspecified atom stereocenters. The lowest BCUT2D eigenvalue weighted by molar-refractivity contribution is 0.122. The normalized spacial score (nSPS) is 12.5. The molecule has 1 heterocycles. The first-order valence-electron chi connectivity index (χ1n) is 7.94. The van der Waals surface area contributed by atoms with Crippen molar-refractivity contribution < 1.29 is 9.50 Å². The zero-order valence-electron chi connectivity index (χ0n) is 13.8. The van der Waals surface area contributed by atoms with Crippen LogP contribution in [0.3, 0.4) is 0 Å². The third-order valence-electron chi connectivity index (χ3n) is 3.94. The van der Waals surface area contributed by atoms with Crippen molar-refractivity contribution in [3.05, 3.63) is 77.0 Å². The zero-order valence-corrected chi connectivity index (χ0v) is 14.5. The molecule has 0 saturated carbocycles. The summed E-state index contributed by atoms with van der Waals surface area (Å²) in [4.78, 5) is 9.60. The standard InChI is InChI=1S/C19H19ClFN3O/c1-24(11-18(25)15-8-7-14(21)9-16(15)20)12-19-22-10-17(23-19)13-5-3-2-4-6-13/h2-10,18,25H,11-12H2,1H3,(H,22,23). The first-order chi connectivity index (χ1) is 12.0. The number of nitrogens with one attached hydrogen (secondary N) is 1. The number of aliphatic hydroxyl groups is 1. The van der Waals surface area contributed by atoms with E-state index in [0.717, 1.165) is 17.1 Å². The fourth-order valence-electron chi connectivity index (χ4n) is 2.69. The molecule has 2 N–H and O–H groups in total. The number of H-pyrrole nitrogens is 1. The van der Waals surface area contributed by atoms with Crippen LogP contribution in [0.4, 0.5) is 4.39 Å². The summed E-state index contributed by atoms with van der Waals surface area (Å²) in [6.07, 6.45) is 0.993. The number of nitrogens with zero attached hydrogens (tertiary/aromatic N) is 2. The highest BCUT2D eigenvalue weighted by Gasteiger charge is 2.15. The Balaban J connectivity index is 1.63. The largest absolute Gasteiger partial charge is 0.387 e. The molecule has 1 aromatic heterocycles. The van der Waals surface area contributed by atoms with E-state index >= 15 is 0 Å². The minimum atomic E-state index is -0.804. The first-order valence-corrected chi connectivity index (χ1v) is 8.31. The van der Waals surface area contributed by atoms with Gasteiger partial charge in [0.1, 0.15) is 11.6 Å². The summed E-state index contributed by atoms with van der Waals surface area (Å²) in [5.41, 5.74) is 2.53. The maximum absolute atomic E-state index is 13.1. The molecule has 130 valence electrons. The monoisotopic (exact) mass is 359 g/mol. The zero-order chi connectivity index (χ0) is 17.8. The lowest BCUT2D eigenvalue weighted by Crippen LogP contribution is -2.25. The van der Waals surface area contributed by atoms with Crippen molar-refractivity contribution in [1.82, 2.24) is 14.9 Å². The minimum absolute atomic E-state index is 0.227. The summed E-state index contributed by atoms with van der Waals surface area (Å²) in [7, 11) is 1.88. The van der Waals surface area contributed by atoms with Crippen LogP contribution in [0.25, 0.3) is 11.3 Å². The van der Waals surface area contributed by atoms with E-state index in [9.17, 15) is 9.50 Å². The van der Waals surface area contributed by atoms with Gasteiger partial charge in [0.25, 0.3) is 0 Å². The molecule has 0 fully saturated rings. The van der Waals surface area contributed by atoms with E-state index in [1.807, 2.05) is 42.3 Å². The first kappa shape index (κ1) is 17.6. The van der Waals surface area contributed by atoms with Crippen molar-refractivity contribution >= 4 is 11.6 Å². The summed E-state index contributed by atoms with van der Waals surface area (Å²) in [6.45, 7) is 0.898. The molecule has 0 aliphatic carbocycles. The molecular weight excluding hydrogens is 341 g/mol. The predicted molar refractivity (Wildman–Crippen MR) is 96.7 cm³/mol. The van der Waals surface area contributed by atoms with Gasteiger partial charge in [-0.15, -0.1) is 0 Å². The topological polar surface area (TPSA) is 52.2 Å². The Kier molecular flexibility index (Phi) is 5.48. The highest BCUT2D eigenvalue weighted by molar-refractivity contribution is 6.31. The Labute approximate surface area is 150 Å². The Morgan fingerprint density at radius 3 is 2.72 bits per heavy atom. The summed E-state index contributed by atoms with van der Waals surface area (Å²) in [5.74, 6) is 0.386. The fraction of sp³-hybridized carbons (Fsp3) is 0.211. The molecule has 0 amide bonds. The van der Waals surface area contributed by atoms with Crippen LogP contribution in [0, 0.1) is 5.82 Å². The highest BCUT2D eigenvalue weighted by atomic mass is 35.5. The SMILES string of the molecule is CN(Cc1ncc(-c2ccccc2)[nH]1)CC(O)c1ccc(F)cc1Cl. The molecular formula is C19H19ClFN3O. The number of likely N-dealkylation sites (N-methyl/N-ethyl adjacent to an activating group) is 1. The van der Waals surface area contributed by atoms with E-state index in [1.165, 1.54) is 18.2 Å². The van der Waals surface area contributed by atoms with Crippen LogP contribution in [0.1, 0.15) is 17.5 Å². The second-order valence-electron chi connectivity index (χ2n) is 5.99. The third-order valence-corrected chi connectivity index (χ3v) is 4.27. The van der Waals surface area contributed by atoms with Gasteiger partial charge in [0.05, 0.1) is 24.5 Å². The second-order valence-corrected chi connectivity index (χ2v) is 6.40. The van der Waals surface area contributed by atoms with E-state index in [2.05, 4.69) is 9.97 Å². The number of imidazole rings is 1. The molecule has 0 aliphatic heterocycles. The number of rotatable bonds is 6. The average molecular weight is 360 g/mol. The lowest BCUT2D eigenvalue weighted by atomic mass is 10.1. The molecule has 2 aromatic carbocycles. The fourth-order valence-corrected chi connectivity index (χ4v) is 2.99. The van der Waals surface area contributed by atoms with Gasteiger partial charge in [-0.25, -0.2) is 9.37 Å². The number of halogens is 2. The molecule has 25 heavy (non-hydrogen) atoms. The average Bonchev–Trinajstić information content (AvgIpc) is 3.03. The second kappa shape index (κ2) is 7.78. The molecule has 4 nitrogen and oxygen atoms in total. The van der Waals surface area contributed by atoms with E-state index < -0.39 is 11.9 Å². The van der Waals surface area contributed by atoms with Crippen molar-refractivity contribution in [1.29, 1.82) is 0 Å². The van der Waals surface area contributed by atoms with Crippen LogP contribution < -0.4 is 0 Å². The lowest BCUT2D eigenvalue weighted by Gasteiger charge is -2.20. The van der Waals surface area contributed by atoms with E-state index in [4.69, 9.17) is 11.6 Å². The van der Waals surface area contributed by atoms with Gasteiger partial charge in [0.2, 0.25) is 0 Å². The Morgan fingerprint density at radius 2 is 2.00 bits per heavy atom. The molecule has 3 aromatic rings. The van der Waals surface area contributed by atoms with Gasteiger partial charge in [0, 0.05) is 17.1 Å². The van der Waals surface area contributed by atoms with Crippen LogP contribution in [0.2, 0.25) is 5.02 Å². The van der Waals surface area contributed by atoms with Gasteiger partial charge in [-0.3, -0.25) is 4.90 Å². The van der Waals surface area contributed by atoms with E-state index in [1.54, 1.807) is 6.20 Å². The van der Waals surface area contributed by atoms with E-state index in [-0.39, 0.29) is 5.02 Å². The summed E-state index contributed by atoms with van der Waals surface area (Å²) < 4.78 is 13.1. The minimum Gasteiger partial charge on any atom is -0.387 e. The highest BCUT2D eigenvalue weighted by Crippen LogP contribution is 2.24. The van der Waals surface area contributed by atoms with Gasteiger partial charge >= 0.3 is 0 Å². The molecule has 3 rings (SSSR count). The van der Waals surface area contributed by atoms with Gasteiger partial charge in [0.15, 0.2) is 0 Å². The van der Waals surface area contributed by atoms with Crippen LogP contribution in [-0.4, -0.2) is 33.6 Å². The summed E-state index contributed by atoms with van der Waals surface area (Å²) >= 11 is 6.00. The Morgan fingerprint density at radius 1 is 1.24 bits per heavy atom. The predicted octanol–water partition coefficient (Wildman–Crippen LogP) is 4.03. The Hall–Kier alpha value is -2.21. The molecule has 0 aliphatic rings. The molecule has 0 spiro atoms. The van der Waals surface area contributed by atoms with Crippen molar-refractivity contribution in [2.45, 2.75) is 12.6 Å². The van der Waals surface area contributed by atoms with E-state index in [0.29, 0.717) is 18.7 Å². The number of benzene rings is 2. The maximum Gasteiger partial charge on any atom is 0.124 e. The molecule has 0 bridgehead atoms. The van der Waals surface area contributed by atoms with Crippen LogP contribution in [0.15, 0.2) is 54.7 Å². The van der Waals surface area contributed by atoms with Crippen molar-refractivity contribution in [2.75, 3.05) is 13.6 Å². The number of aliphatic hydroxyl groups excluding tert-OH is 1. The number of hydrogen-bond donors (Lipinski definition) is 2. The van der Waals surface area contributed by atoms with Gasteiger partial charge in [-0.1, -0.05) is 48.0 Å². The van der Waals surface area contributed by atoms with Crippen molar-refractivity contribution in [2.24, 2.45) is 0 Å². The smallest absolute Gasteiger partial charge is 0.124 e. The number of aromatic amines is 1. The summed E-state index contributed by atoms with van der Waals surface area (Å²) in [5, 5.41) is 10.6. The molecule has 0 saturated heterocycles. The quantitative estimate of drug-likeness (QED) is 0.698. The third kappa shape index (κ3) is 4.45. The van der Waals surface area contributed by atoms with Gasteiger partial charge in [-0.05, 0) is 24.7 Å². The Bertz CT molecular complexity index is 838. The van der Waals surface area contributed by atoms with Crippen LogP contribution in [-0.2, 0) is 6.54 Å².